The number of benzene rings is 1. The third kappa shape index (κ3) is 2.97. The molecule has 0 bridgehead atoms. The van der Waals surface area contributed by atoms with Crippen LogP contribution in [0.4, 0.5) is 10.8 Å². The number of amides is 3. The van der Waals surface area contributed by atoms with Gasteiger partial charge in [0.1, 0.15) is 19.8 Å². The van der Waals surface area contributed by atoms with Gasteiger partial charge in [0.25, 0.3) is 11.8 Å². The molecule has 148 valence electrons. The van der Waals surface area contributed by atoms with Crippen molar-refractivity contribution in [1.29, 1.82) is 0 Å². The van der Waals surface area contributed by atoms with E-state index in [1.807, 2.05) is 0 Å². The van der Waals surface area contributed by atoms with E-state index in [2.05, 4.69) is 20.6 Å². The number of thiazole rings is 1. The molecule has 2 unspecified atom stereocenters. The van der Waals surface area contributed by atoms with Gasteiger partial charge in [-0.2, -0.15) is 5.11 Å². The lowest BCUT2D eigenvalue weighted by Crippen LogP contribution is -2.43. The summed E-state index contributed by atoms with van der Waals surface area (Å²) in [4.78, 5) is 43.1. The van der Waals surface area contributed by atoms with E-state index in [9.17, 15) is 14.4 Å². The van der Waals surface area contributed by atoms with Crippen molar-refractivity contribution in [3.8, 4) is 11.5 Å². The highest BCUT2D eigenvalue weighted by molar-refractivity contribution is 7.13. The maximum absolute atomic E-state index is 13.0. The lowest BCUT2D eigenvalue weighted by Gasteiger charge is -2.22. The van der Waals surface area contributed by atoms with Crippen LogP contribution in [-0.2, 0) is 14.4 Å². The zero-order chi connectivity index (χ0) is 20.0. The summed E-state index contributed by atoms with van der Waals surface area (Å²) in [5, 5.41) is 13.8. The fourth-order valence-corrected chi connectivity index (χ4v) is 3.92. The molecule has 11 nitrogen and oxygen atoms in total. The molecule has 3 aliphatic rings. The molecule has 1 N–H and O–H groups in total. The Hall–Kier alpha value is -3.54. The zero-order valence-electron chi connectivity index (χ0n) is 14.8. The van der Waals surface area contributed by atoms with Gasteiger partial charge in [-0.25, -0.2) is 9.88 Å². The van der Waals surface area contributed by atoms with E-state index in [0.29, 0.717) is 35.5 Å². The average Bonchev–Trinajstić information content (AvgIpc) is 3.42. The van der Waals surface area contributed by atoms with Gasteiger partial charge in [-0.15, -0.1) is 11.3 Å². The van der Waals surface area contributed by atoms with E-state index in [1.165, 1.54) is 16.3 Å². The Kier molecular flexibility index (Phi) is 4.12. The van der Waals surface area contributed by atoms with Crippen LogP contribution < -0.4 is 19.7 Å². The van der Waals surface area contributed by atoms with Gasteiger partial charge in [-0.1, -0.05) is 5.22 Å². The Morgan fingerprint density at radius 3 is 2.83 bits per heavy atom. The SMILES string of the molecule is O=C(CN1N=NC2C(=O)N(c3ccc4c(c3)OCCO4)C(=O)C21)Nc1nccs1. The third-order valence-electron chi connectivity index (χ3n) is 4.63. The molecule has 3 aliphatic heterocycles. The summed E-state index contributed by atoms with van der Waals surface area (Å²) in [5.41, 5.74) is 0.362. The molecular formula is C17H14N6O5S. The van der Waals surface area contributed by atoms with Gasteiger partial charge in [0.2, 0.25) is 5.91 Å². The molecule has 3 amide bonds. The van der Waals surface area contributed by atoms with Crippen molar-refractivity contribution >= 4 is 39.9 Å². The molecule has 1 saturated heterocycles. The van der Waals surface area contributed by atoms with Crippen molar-refractivity contribution in [3.05, 3.63) is 29.8 Å². The van der Waals surface area contributed by atoms with Crippen LogP contribution in [0.5, 0.6) is 11.5 Å². The van der Waals surface area contributed by atoms with Gasteiger partial charge in [0.15, 0.2) is 28.7 Å². The number of hydrogen-bond acceptors (Lipinski definition) is 10. The Morgan fingerprint density at radius 2 is 2.03 bits per heavy atom. The molecule has 12 heteroatoms. The van der Waals surface area contributed by atoms with Crippen LogP contribution in [0.25, 0.3) is 0 Å². The minimum absolute atomic E-state index is 0.224. The van der Waals surface area contributed by atoms with Gasteiger partial charge in [-0.3, -0.25) is 19.4 Å². The number of imide groups is 1. The number of anilines is 2. The summed E-state index contributed by atoms with van der Waals surface area (Å²) < 4.78 is 11.0. The molecule has 0 spiro atoms. The smallest absolute Gasteiger partial charge is 0.263 e. The molecule has 2 atom stereocenters. The summed E-state index contributed by atoms with van der Waals surface area (Å²) >= 11 is 1.27. The first kappa shape index (κ1) is 17.6. The van der Waals surface area contributed by atoms with E-state index in [1.54, 1.807) is 29.8 Å². The van der Waals surface area contributed by atoms with Crippen molar-refractivity contribution in [3.63, 3.8) is 0 Å². The fraction of sp³-hybridized carbons (Fsp3) is 0.294. The number of hydrogen-bond donors (Lipinski definition) is 1. The molecule has 0 radical (unpaired) electrons. The van der Waals surface area contributed by atoms with Crippen LogP contribution in [0, 0.1) is 0 Å². The first-order valence-corrected chi connectivity index (χ1v) is 9.64. The molecule has 5 rings (SSSR count). The number of carbonyl (C=O) groups excluding carboxylic acids is 3. The Bertz CT molecular complexity index is 1030. The number of fused-ring (bicyclic) bond motifs is 2. The summed E-state index contributed by atoms with van der Waals surface area (Å²) in [6, 6.07) is 2.91. The number of nitrogens with zero attached hydrogens (tertiary/aromatic N) is 5. The minimum Gasteiger partial charge on any atom is -0.486 e. The molecule has 1 aromatic heterocycles. The van der Waals surface area contributed by atoms with Crippen LogP contribution >= 0.6 is 11.3 Å². The normalized spacial score (nSPS) is 22.2. The van der Waals surface area contributed by atoms with Gasteiger partial charge < -0.3 is 14.8 Å². The topological polar surface area (TPSA) is 126 Å². The maximum Gasteiger partial charge on any atom is 0.263 e. The van der Waals surface area contributed by atoms with Gasteiger partial charge in [0.05, 0.1) is 5.69 Å². The second-order valence-corrected chi connectivity index (χ2v) is 7.31. The lowest BCUT2D eigenvalue weighted by atomic mass is 10.1. The van der Waals surface area contributed by atoms with E-state index in [0.717, 1.165) is 4.90 Å². The molecule has 1 fully saturated rings. The quantitative estimate of drug-likeness (QED) is 0.735. The molecular weight excluding hydrogens is 400 g/mol. The number of nitrogens with one attached hydrogen (secondary N) is 1. The summed E-state index contributed by atoms with van der Waals surface area (Å²) in [7, 11) is 0. The fourth-order valence-electron chi connectivity index (χ4n) is 3.37. The van der Waals surface area contributed by atoms with Crippen molar-refractivity contribution < 1.29 is 23.9 Å². The number of carbonyl (C=O) groups is 3. The van der Waals surface area contributed by atoms with Crippen molar-refractivity contribution in [2.24, 2.45) is 10.3 Å². The van der Waals surface area contributed by atoms with Crippen LogP contribution in [0.3, 0.4) is 0 Å². The molecule has 0 saturated carbocycles. The maximum atomic E-state index is 13.0. The summed E-state index contributed by atoms with van der Waals surface area (Å²) in [6.07, 6.45) is 1.57. The number of aromatic nitrogens is 1. The highest BCUT2D eigenvalue weighted by Gasteiger charge is 2.55. The second kappa shape index (κ2) is 6.81. The predicted molar refractivity (Wildman–Crippen MR) is 99.8 cm³/mol. The van der Waals surface area contributed by atoms with Crippen LogP contribution in [-0.4, -0.2) is 59.6 Å². The molecule has 0 aliphatic carbocycles. The van der Waals surface area contributed by atoms with E-state index in [-0.39, 0.29) is 6.54 Å². The highest BCUT2D eigenvalue weighted by atomic mass is 32.1. The highest BCUT2D eigenvalue weighted by Crippen LogP contribution is 2.37. The Morgan fingerprint density at radius 1 is 1.21 bits per heavy atom. The summed E-state index contributed by atoms with van der Waals surface area (Å²) in [5.74, 6) is -0.378. The minimum atomic E-state index is -0.983. The van der Waals surface area contributed by atoms with Crippen molar-refractivity contribution in [2.45, 2.75) is 12.1 Å². The number of rotatable bonds is 4. The molecule has 1 aromatic carbocycles. The zero-order valence-corrected chi connectivity index (χ0v) is 15.7. The van der Waals surface area contributed by atoms with Crippen LogP contribution in [0.15, 0.2) is 40.1 Å². The molecule has 2 aromatic rings. The Labute approximate surface area is 167 Å². The number of ether oxygens (including phenoxy) is 2. The molecule has 4 heterocycles. The summed E-state index contributed by atoms with van der Waals surface area (Å²) in [6.45, 7) is 0.606. The van der Waals surface area contributed by atoms with E-state index >= 15 is 0 Å². The monoisotopic (exact) mass is 414 g/mol. The van der Waals surface area contributed by atoms with Crippen molar-refractivity contribution in [1.82, 2.24) is 9.99 Å². The van der Waals surface area contributed by atoms with Crippen LogP contribution in [0.2, 0.25) is 0 Å². The molecule has 29 heavy (non-hydrogen) atoms. The first-order valence-electron chi connectivity index (χ1n) is 8.76. The van der Waals surface area contributed by atoms with Crippen molar-refractivity contribution in [2.75, 3.05) is 30.0 Å². The first-order chi connectivity index (χ1) is 14.1. The predicted octanol–water partition coefficient (Wildman–Crippen LogP) is 0.846. The largest absolute Gasteiger partial charge is 0.486 e. The Balaban J connectivity index is 1.35. The third-order valence-corrected chi connectivity index (χ3v) is 5.31. The average molecular weight is 414 g/mol. The van der Waals surface area contributed by atoms with Gasteiger partial charge in [-0.05, 0) is 12.1 Å². The van der Waals surface area contributed by atoms with Crippen LogP contribution in [0.1, 0.15) is 0 Å². The van der Waals surface area contributed by atoms with E-state index in [4.69, 9.17) is 9.47 Å². The standard InChI is InChI=1S/C17H14N6O5S/c24-12(19-17-18-3-6-29-17)8-22-14-13(20-21-22)15(25)23(16(14)26)9-1-2-10-11(7-9)28-5-4-27-10/h1-3,6-7,13-14H,4-5,8H2,(H,18,19,24). The second-order valence-electron chi connectivity index (χ2n) is 6.42. The van der Waals surface area contributed by atoms with E-state index < -0.39 is 29.8 Å². The lowest BCUT2D eigenvalue weighted by molar-refractivity contribution is -0.123. The van der Waals surface area contributed by atoms with Gasteiger partial charge in [0, 0.05) is 17.6 Å². The van der Waals surface area contributed by atoms with Gasteiger partial charge >= 0.3 is 0 Å².